The highest BCUT2D eigenvalue weighted by Crippen LogP contribution is 2.28. The predicted molar refractivity (Wildman–Crippen MR) is 74.1 cm³/mol. The molecule has 1 aliphatic heterocycles. The quantitative estimate of drug-likeness (QED) is 0.669. The second-order valence-corrected chi connectivity index (χ2v) is 4.24. The first kappa shape index (κ1) is 13.6. The van der Waals surface area contributed by atoms with Gasteiger partial charge in [-0.1, -0.05) is 12.6 Å². The molecule has 1 aromatic carbocycles. The van der Waals surface area contributed by atoms with E-state index >= 15 is 0 Å². The molecule has 0 saturated heterocycles. The summed E-state index contributed by atoms with van der Waals surface area (Å²) in [6.45, 7) is 6.90. The van der Waals surface area contributed by atoms with Crippen LogP contribution in [0.3, 0.4) is 0 Å². The molecule has 0 fully saturated rings. The van der Waals surface area contributed by atoms with E-state index in [4.69, 9.17) is 0 Å². The Morgan fingerprint density at radius 3 is 2.75 bits per heavy atom. The Morgan fingerprint density at radius 1 is 1.50 bits per heavy atom. The molecular formula is C13H14N4O3. The molecule has 0 atom stereocenters. The number of carbonyl (C=O) groups is 1. The zero-order chi connectivity index (χ0) is 14.9. The summed E-state index contributed by atoms with van der Waals surface area (Å²) in [6.07, 6.45) is 1.52. The van der Waals surface area contributed by atoms with E-state index in [-0.39, 0.29) is 11.5 Å². The number of nitro groups is 1. The smallest absolute Gasteiger partial charge is 0.271 e. The van der Waals surface area contributed by atoms with Crippen LogP contribution in [0.5, 0.6) is 0 Å². The Morgan fingerprint density at radius 2 is 2.20 bits per heavy atom. The second-order valence-electron chi connectivity index (χ2n) is 4.24. The fourth-order valence-corrected chi connectivity index (χ4v) is 1.98. The molecule has 1 aromatic rings. The van der Waals surface area contributed by atoms with Crippen molar-refractivity contribution in [3.8, 4) is 0 Å². The number of nitro benzene ring substituents is 1. The number of hydrazine groups is 2. The highest BCUT2D eigenvalue weighted by Gasteiger charge is 2.28. The molecule has 7 heteroatoms. The normalized spacial score (nSPS) is 14.3. The summed E-state index contributed by atoms with van der Waals surface area (Å²) in [5.41, 5.74) is 4.54. The number of ketones is 1. The minimum atomic E-state index is -0.468. The van der Waals surface area contributed by atoms with E-state index < -0.39 is 4.92 Å². The van der Waals surface area contributed by atoms with Gasteiger partial charge in [0.05, 0.1) is 16.3 Å². The maximum absolute atomic E-state index is 11.6. The average Bonchev–Trinajstić information content (AvgIpc) is 2.76. The largest absolute Gasteiger partial charge is 0.293 e. The third-order valence-corrected chi connectivity index (χ3v) is 2.95. The van der Waals surface area contributed by atoms with Gasteiger partial charge in [-0.25, -0.2) is 5.01 Å². The van der Waals surface area contributed by atoms with Crippen molar-refractivity contribution in [1.29, 1.82) is 0 Å². The summed E-state index contributed by atoms with van der Waals surface area (Å²) in [6, 6.07) is 6.11. The van der Waals surface area contributed by atoms with Crippen LogP contribution in [0, 0.1) is 10.1 Å². The molecule has 7 nitrogen and oxygen atoms in total. The number of rotatable bonds is 4. The van der Waals surface area contributed by atoms with Gasteiger partial charge >= 0.3 is 0 Å². The van der Waals surface area contributed by atoms with Crippen molar-refractivity contribution >= 4 is 17.2 Å². The van der Waals surface area contributed by atoms with Gasteiger partial charge in [0.15, 0.2) is 5.78 Å². The molecule has 0 bridgehead atoms. The lowest BCUT2D eigenvalue weighted by atomic mass is 10.3. The van der Waals surface area contributed by atoms with Crippen LogP contribution >= 0.6 is 0 Å². The highest BCUT2D eigenvalue weighted by atomic mass is 16.6. The van der Waals surface area contributed by atoms with E-state index in [2.05, 4.69) is 12.0 Å². The van der Waals surface area contributed by atoms with Crippen molar-refractivity contribution in [2.24, 2.45) is 0 Å². The van der Waals surface area contributed by atoms with E-state index in [9.17, 15) is 14.9 Å². The first-order valence-corrected chi connectivity index (χ1v) is 5.90. The van der Waals surface area contributed by atoms with Crippen molar-refractivity contribution in [1.82, 2.24) is 10.4 Å². The third-order valence-electron chi connectivity index (χ3n) is 2.95. The highest BCUT2D eigenvalue weighted by molar-refractivity contribution is 5.94. The van der Waals surface area contributed by atoms with Gasteiger partial charge in [-0.15, -0.1) is 0 Å². The number of non-ortho nitro benzene ring substituents is 1. The van der Waals surface area contributed by atoms with Crippen LogP contribution < -0.4 is 10.5 Å². The van der Waals surface area contributed by atoms with E-state index in [0.717, 1.165) is 0 Å². The van der Waals surface area contributed by atoms with Crippen LogP contribution in [0.4, 0.5) is 11.4 Å². The number of nitrogens with one attached hydrogen (secondary N) is 1. The molecule has 0 aromatic heterocycles. The first-order valence-electron chi connectivity index (χ1n) is 5.90. The summed E-state index contributed by atoms with van der Waals surface area (Å²) in [5, 5.41) is 14.0. The van der Waals surface area contributed by atoms with Crippen LogP contribution in [0.1, 0.15) is 13.8 Å². The summed E-state index contributed by atoms with van der Waals surface area (Å²) in [7, 11) is 0. The molecule has 1 heterocycles. The molecule has 20 heavy (non-hydrogen) atoms. The monoisotopic (exact) mass is 274 g/mol. The number of allylic oxidation sites excluding steroid dienone is 2. The fourth-order valence-electron chi connectivity index (χ4n) is 1.98. The molecular weight excluding hydrogens is 260 g/mol. The fraction of sp³-hybridized carbons (Fsp3) is 0.154. The predicted octanol–water partition coefficient (Wildman–Crippen LogP) is 2.10. The van der Waals surface area contributed by atoms with Crippen LogP contribution in [0.25, 0.3) is 0 Å². The van der Waals surface area contributed by atoms with Gasteiger partial charge in [0, 0.05) is 25.3 Å². The number of hydrogen-bond donors (Lipinski definition) is 1. The molecule has 1 N–H and O–H groups in total. The van der Waals surface area contributed by atoms with Crippen LogP contribution in [-0.2, 0) is 4.79 Å². The van der Waals surface area contributed by atoms with E-state index in [0.29, 0.717) is 17.1 Å². The Hall–Kier alpha value is -2.83. The first-order chi connectivity index (χ1) is 9.45. The second kappa shape index (κ2) is 5.04. The number of nitrogens with zero attached hydrogens (tertiary/aromatic N) is 3. The Labute approximate surface area is 115 Å². The molecule has 0 saturated carbocycles. The topological polar surface area (TPSA) is 78.7 Å². The number of hydrogen-bond acceptors (Lipinski definition) is 6. The zero-order valence-corrected chi connectivity index (χ0v) is 11.2. The Balaban J connectivity index is 2.40. The van der Waals surface area contributed by atoms with E-state index in [1.165, 1.54) is 30.4 Å². The Kier molecular flexibility index (Phi) is 3.43. The van der Waals surface area contributed by atoms with Crippen LogP contribution in [0.15, 0.2) is 48.4 Å². The summed E-state index contributed by atoms with van der Waals surface area (Å²) in [4.78, 5) is 21.9. The van der Waals surface area contributed by atoms with Crippen molar-refractivity contribution < 1.29 is 9.72 Å². The SMILES string of the molecule is C=CN1C(C)=C(C(C)=O)NN1c1cccc([N+](=O)[O-])c1. The molecule has 0 spiro atoms. The minimum absolute atomic E-state index is 0.0257. The van der Waals surface area contributed by atoms with Crippen molar-refractivity contribution in [2.45, 2.75) is 13.8 Å². The number of benzene rings is 1. The lowest BCUT2D eigenvalue weighted by Gasteiger charge is -2.28. The van der Waals surface area contributed by atoms with Gasteiger partial charge in [-0.2, -0.15) is 5.12 Å². The summed E-state index contributed by atoms with van der Waals surface area (Å²) < 4.78 is 0. The van der Waals surface area contributed by atoms with Gasteiger partial charge < -0.3 is 0 Å². The molecule has 0 radical (unpaired) electrons. The van der Waals surface area contributed by atoms with Crippen molar-refractivity contribution in [3.63, 3.8) is 0 Å². The average molecular weight is 274 g/mol. The summed E-state index contributed by atoms with van der Waals surface area (Å²) >= 11 is 0. The van der Waals surface area contributed by atoms with E-state index in [1.807, 2.05) is 0 Å². The standard InChI is InChI=1S/C13H14N4O3/c1-4-15-9(2)13(10(3)18)14-16(15)11-6-5-7-12(8-11)17(19)20/h4-8,14H,1H2,2-3H3. The van der Waals surface area contributed by atoms with E-state index in [1.54, 1.807) is 24.1 Å². The van der Waals surface area contributed by atoms with Crippen molar-refractivity contribution in [3.05, 3.63) is 58.6 Å². The molecule has 1 aliphatic rings. The maximum atomic E-state index is 11.6. The van der Waals surface area contributed by atoms with Gasteiger partial charge in [0.2, 0.25) is 0 Å². The zero-order valence-electron chi connectivity index (χ0n) is 11.2. The van der Waals surface area contributed by atoms with Crippen molar-refractivity contribution in [2.75, 3.05) is 5.12 Å². The molecule has 104 valence electrons. The summed E-state index contributed by atoms with van der Waals surface area (Å²) in [5.74, 6) is -0.123. The molecule has 0 unspecified atom stereocenters. The molecule has 2 rings (SSSR count). The third kappa shape index (κ3) is 2.20. The Bertz CT molecular complexity index is 624. The van der Waals surface area contributed by atoms with Gasteiger partial charge in [0.1, 0.15) is 5.70 Å². The lowest BCUT2D eigenvalue weighted by Crippen LogP contribution is -2.41. The van der Waals surface area contributed by atoms with Gasteiger partial charge in [-0.3, -0.25) is 20.3 Å². The van der Waals surface area contributed by atoms with Gasteiger partial charge in [0.25, 0.3) is 5.69 Å². The maximum Gasteiger partial charge on any atom is 0.271 e. The molecule has 0 aliphatic carbocycles. The number of anilines is 1. The lowest BCUT2D eigenvalue weighted by molar-refractivity contribution is -0.384. The number of carbonyl (C=O) groups excluding carboxylic acids is 1. The number of Topliss-reactive ketones (excluding diaryl/α,β-unsaturated/α-hetero) is 1. The van der Waals surface area contributed by atoms with Gasteiger partial charge in [-0.05, 0) is 13.0 Å². The van der Waals surface area contributed by atoms with Crippen LogP contribution in [0.2, 0.25) is 0 Å². The molecule has 0 amide bonds. The minimum Gasteiger partial charge on any atom is -0.293 e. The van der Waals surface area contributed by atoms with Crippen LogP contribution in [-0.4, -0.2) is 15.7 Å².